The number of rotatable bonds is 10. The predicted octanol–water partition coefficient (Wildman–Crippen LogP) is 5.82. The molecule has 0 aliphatic rings. The highest BCUT2D eigenvalue weighted by Crippen LogP contribution is 2.35. The zero-order chi connectivity index (χ0) is 25.8. The SMILES string of the molecule is CCCCS(=O)(=O)Nc1cccc(/C(=C/c2c(C(=O)OCC)[nH]c3cc(Cl)cc(Cl)c23)C(=O)O)c1. The molecule has 0 saturated heterocycles. The van der Waals surface area contributed by atoms with Crippen molar-refractivity contribution in [3.63, 3.8) is 0 Å². The van der Waals surface area contributed by atoms with Crippen molar-refractivity contribution >= 4 is 73.4 Å². The molecule has 0 unspecified atom stereocenters. The number of esters is 1. The second-order valence-electron chi connectivity index (χ2n) is 7.66. The summed E-state index contributed by atoms with van der Waals surface area (Å²) in [6, 6.07) is 9.06. The Labute approximate surface area is 212 Å². The second-order valence-corrected chi connectivity index (χ2v) is 10.3. The van der Waals surface area contributed by atoms with E-state index in [1.165, 1.54) is 36.4 Å². The Kier molecular flexibility index (Phi) is 8.47. The van der Waals surface area contributed by atoms with Crippen LogP contribution in [0.4, 0.5) is 5.69 Å². The summed E-state index contributed by atoms with van der Waals surface area (Å²) in [6.07, 6.45) is 2.52. The number of nitrogens with one attached hydrogen (secondary N) is 2. The van der Waals surface area contributed by atoms with Gasteiger partial charge in [-0.25, -0.2) is 18.0 Å². The summed E-state index contributed by atoms with van der Waals surface area (Å²) in [6.45, 7) is 3.64. The maximum absolute atomic E-state index is 12.6. The number of hydrogen-bond acceptors (Lipinski definition) is 5. The van der Waals surface area contributed by atoms with E-state index in [2.05, 4.69) is 9.71 Å². The summed E-state index contributed by atoms with van der Waals surface area (Å²) < 4.78 is 32.2. The van der Waals surface area contributed by atoms with Gasteiger partial charge in [-0.05, 0) is 49.2 Å². The van der Waals surface area contributed by atoms with Crippen LogP contribution < -0.4 is 4.72 Å². The molecule has 0 atom stereocenters. The molecule has 0 saturated carbocycles. The number of ether oxygens (including phenoxy) is 1. The molecule has 11 heteroatoms. The van der Waals surface area contributed by atoms with Crippen molar-refractivity contribution in [2.75, 3.05) is 17.1 Å². The van der Waals surface area contributed by atoms with Gasteiger partial charge < -0.3 is 14.8 Å². The zero-order valence-electron chi connectivity index (χ0n) is 19.0. The normalized spacial score (nSPS) is 12.1. The third-order valence-corrected chi connectivity index (χ3v) is 6.95. The van der Waals surface area contributed by atoms with E-state index in [1.54, 1.807) is 13.0 Å². The van der Waals surface area contributed by atoms with Gasteiger partial charge in [0.25, 0.3) is 0 Å². The average Bonchev–Trinajstić information content (AvgIpc) is 3.14. The van der Waals surface area contributed by atoms with Gasteiger partial charge in [-0.3, -0.25) is 4.72 Å². The number of carboxylic acids is 1. The minimum atomic E-state index is -3.59. The predicted molar refractivity (Wildman–Crippen MR) is 139 cm³/mol. The number of carbonyl (C=O) groups excluding carboxylic acids is 1. The number of aromatic nitrogens is 1. The molecule has 186 valence electrons. The molecular weight excluding hydrogens is 515 g/mol. The highest BCUT2D eigenvalue weighted by Gasteiger charge is 2.22. The monoisotopic (exact) mass is 538 g/mol. The maximum atomic E-state index is 12.6. The number of fused-ring (bicyclic) bond motifs is 1. The molecule has 0 aliphatic heterocycles. The molecule has 0 bridgehead atoms. The van der Waals surface area contributed by atoms with Gasteiger partial charge in [0.2, 0.25) is 10.0 Å². The van der Waals surface area contributed by atoms with Crippen molar-refractivity contribution in [2.24, 2.45) is 0 Å². The maximum Gasteiger partial charge on any atom is 0.355 e. The summed E-state index contributed by atoms with van der Waals surface area (Å²) in [7, 11) is -3.59. The van der Waals surface area contributed by atoms with E-state index in [0.29, 0.717) is 28.8 Å². The number of benzene rings is 2. The molecule has 0 fully saturated rings. The topological polar surface area (TPSA) is 126 Å². The third kappa shape index (κ3) is 6.36. The van der Waals surface area contributed by atoms with Crippen LogP contribution in [0.25, 0.3) is 22.6 Å². The quantitative estimate of drug-likeness (QED) is 0.220. The lowest BCUT2D eigenvalue weighted by Crippen LogP contribution is -2.16. The molecule has 8 nitrogen and oxygen atoms in total. The highest BCUT2D eigenvalue weighted by atomic mass is 35.5. The van der Waals surface area contributed by atoms with Crippen molar-refractivity contribution in [3.8, 4) is 0 Å². The molecule has 0 amide bonds. The van der Waals surface area contributed by atoms with Crippen LogP contribution in [-0.2, 0) is 19.6 Å². The van der Waals surface area contributed by atoms with E-state index in [9.17, 15) is 23.1 Å². The number of carboxylic acid groups (broad SMARTS) is 1. The first-order valence-corrected chi connectivity index (χ1v) is 13.2. The first-order chi connectivity index (χ1) is 16.6. The van der Waals surface area contributed by atoms with Crippen LogP contribution in [0.5, 0.6) is 0 Å². The highest BCUT2D eigenvalue weighted by molar-refractivity contribution is 7.92. The largest absolute Gasteiger partial charge is 0.478 e. The van der Waals surface area contributed by atoms with E-state index >= 15 is 0 Å². The van der Waals surface area contributed by atoms with Gasteiger partial charge in [-0.15, -0.1) is 0 Å². The van der Waals surface area contributed by atoms with E-state index in [1.807, 2.05) is 6.92 Å². The summed E-state index contributed by atoms with van der Waals surface area (Å²) in [5, 5.41) is 10.9. The standard InChI is InChI=1S/C24H24Cl2N2O6S/c1-3-5-9-35(32,33)28-16-8-6-7-14(10-16)17(23(29)30)13-18-21-19(26)11-15(25)12-20(21)27-22(18)24(31)34-4-2/h6-8,10-13,27-28H,3-5,9H2,1-2H3,(H,29,30)/b17-13-. The van der Waals surface area contributed by atoms with Crippen molar-refractivity contribution in [1.29, 1.82) is 0 Å². The lowest BCUT2D eigenvalue weighted by molar-refractivity contribution is -0.130. The number of halogens is 2. The molecule has 3 N–H and O–H groups in total. The zero-order valence-corrected chi connectivity index (χ0v) is 21.4. The van der Waals surface area contributed by atoms with Crippen molar-refractivity contribution in [3.05, 3.63) is 63.3 Å². The molecule has 2 aromatic carbocycles. The fourth-order valence-electron chi connectivity index (χ4n) is 3.51. The lowest BCUT2D eigenvalue weighted by atomic mass is 10.0. The molecule has 0 radical (unpaired) electrons. The van der Waals surface area contributed by atoms with Gasteiger partial charge in [0.1, 0.15) is 5.69 Å². The number of carbonyl (C=O) groups is 2. The fourth-order valence-corrected chi connectivity index (χ4v) is 5.36. The number of hydrogen-bond donors (Lipinski definition) is 3. The molecule has 1 heterocycles. The minimum absolute atomic E-state index is 0.0150. The molecule has 0 spiro atoms. The van der Waals surface area contributed by atoms with Crippen molar-refractivity contribution in [1.82, 2.24) is 4.98 Å². The fraction of sp³-hybridized carbons (Fsp3) is 0.250. The first kappa shape index (κ1) is 26.6. The third-order valence-electron chi connectivity index (χ3n) is 5.07. The summed E-state index contributed by atoms with van der Waals surface area (Å²) in [5.74, 6) is -2.02. The Hall–Kier alpha value is -3.01. The number of anilines is 1. The summed E-state index contributed by atoms with van der Waals surface area (Å²) in [4.78, 5) is 27.8. The number of aliphatic carboxylic acids is 1. The number of sulfonamides is 1. The van der Waals surface area contributed by atoms with E-state index in [-0.39, 0.29) is 45.5 Å². The van der Waals surface area contributed by atoms with Gasteiger partial charge >= 0.3 is 11.9 Å². The average molecular weight is 539 g/mol. The van der Waals surface area contributed by atoms with Crippen LogP contribution >= 0.6 is 23.2 Å². The van der Waals surface area contributed by atoms with E-state index < -0.39 is 22.0 Å². The van der Waals surface area contributed by atoms with Gasteiger partial charge in [0.15, 0.2) is 0 Å². The minimum Gasteiger partial charge on any atom is -0.478 e. The van der Waals surface area contributed by atoms with Crippen LogP contribution in [0.15, 0.2) is 36.4 Å². The Morgan fingerprint density at radius 1 is 1.17 bits per heavy atom. The Morgan fingerprint density at radius 2 is 1.91 bits per heavy atom. The first-order valence-electron chi connectivity index (χ1n) is 10.8. The van der Waals surface area contributed by atoms with Gasteiger partial charge in [-0.1, -0.05) is 48.7 Å². The Morgan fingerprint density at radius 3 is 2.57 bits per heavy atom. The van der Waals surface area contributed by atoms with Crippen LogP contribution in [0.3, 0.4) is 0 Å². The van der Waals surface area contributed by atoms with Gasteiger partial charge in [0.05, 0.1) is 23.0 Å². The smallest absolute Gasteiger partial charge is 0.355 e. The van der Waals surface area contributed by atoms with E-state index in [4.69, 9.17) is 27.9 Å². The summed E-state index contributed by atoms with van der Waals surface area (Å²) in [5.41, 5.74) is 0.922. The number of aromatic amines is 1. The molecule has 1 aromatic heterocycles. The van der Waals surface area contributed by atoms with E-state index in [0.717, 1.165) is 0 Å². The molecular formula is C24H24Cl2N2O6S. The van der Waals surface area contributed by atoms with Crippen LogP contribution in [0.1, 0.15) is 48.3 Å². The summed E-state index contributed by atoms with van der Waals surface area (Å²) >= 11 is 12.5. The van der Waals surface area contributed by atoms with Crippen LogP contribution in [0, 0.1) is 0 Å². The number of unbranched alkanes of at least 4 members (excludes halogenated alkanes) is 1. The number of H-pyrrole nitrogens is 1. The Bertz CT molecular complexity index is 1410. The molecule has 0 aliphatic carbocycles. The van der Waals surface area contributed by atoms with Gasteiger partial charge in [-0.2, -0.15) is 0 Å². The molecule has 3 rings (SSSR count). The van der Waals surface area contributed by atoms with Crippen LogP contribution in [0.2, 0.25) is 10.0 Å². The van der Waals surface area contributed by atoms with Crippen molar-refractivity contribution < 1.29 is 27.9 Å². The molecule has 35 heavy (non-hydrogen) atoms. The lowest BCUT2D eigenvalue weighted by Gasteiger charge is -2.10. The Balaban J connectivity index is 2.16. The van der Waals surface area contributed by atoms with Crippen molar-refractivity contribution in [2.45, 2.75) is 26.7 Å². The molecule has 3 aromatic rings. The second kappa shape index (κ2) is 11.2. The van der Waals surface area contributed by atoms with Gasteiger partial charge in [0, 0.05) is 27.2 Å². The van der Waals surface area contributed by atoms with Crippen LogP contribution in [-0.4, -0.2) is 42.8 Å².